The number of carbonyl (C=O) groups is 2. The number of rotatable bonds is 4. The molecule has 0 aliphatic rings. The maximum atomic E-state index is 11.1. The smallest absolute Gasteiger partial charge is 0.309 e. The molecular weight excluding hydrogens is 206 g/mol. The van der Waals surface area contributed by atoms with Gasteiger partial charge >= 0.3 is 5.97 Å². The standard InChI is InChI=1S/C12H13NO3/c1-16-11(14)8-4-6-9-5-2-3-7-10(9)12(13)15/h2-7H,8H2,1H3,(H2,13,15). The van der Waals surface area contributed by atoms with Crippen LogP contribution in [0.25, 0.3) is 6.08 Å². The van der Waals surface area contributed by atoms with Gasteiger partial charge in [0.1, 0.15) is 0 Å². The monoisotopic (exact) mass is 219 g/mol. The average molecular weight is 219 g/mol. The van der Waals surface area contributed by atoms with Gasteiger partial charge < -0.3 is 10.5 Å². The van der Waals surface area contributed by atoms with E-state index in [9.17, 15) is 9.59 Å². The average Bonchev–Trinajstić information content (AvgIpc) is 2.29. The van der Waals surface area contributed by atoms with Crippen LogP contribution in [0.4, 0.5) is 0 Å². The van der Waals surface area contributed by atoms with E-state index in [1.165, 1.54) is 7.11 Å². The van der Waals surface area contributed by atoms with Crippen molar-refractivity contribution in [3.63, 3.8) is 0 Å². The highest BCUT2D eigenvalue weighted by molar-refractivity contribution is 5.96. The fraction of sp³-hybridized carbons (Fsp3) is 0.167. The van der Waals surface area contributed by atoms with Crippen molar-refractivity contribution in [3.8, 4) is 0 Å². The number of nitrogens with two attached hydrogens (primary N) is 1. The summed E-state index contributed by atoms with van der Waals surface area (Å²) in [6.45, 7) is 0. The predicted octanol–water partition coefficient (Wildman–Crippen LogP) is 1.36. The molecular formula is C12H13NO3. The van der Waals surface area contributed by atoms with Gasteiger partial charge in [0, 0.05) is 5.56 Å². The van der Waals surface area contributed by atoms with Gasteiger partial charge in [0.05, 0.1) is 13.5 Å². The second-order valence-electron chi connectivity index (χ2n) is 3.13. The number of ether oxygens (including phenoxy) is 1. The molecule has 1 amide bonds. The van der Waals surface area contributed by atoms with Crippen molar-refractivity contribution >= 4 is 18.0 Å². The number of hydrogen-bond donors (Lipinski definition) is 1. The Balaban J connectivity index is 2.80. The zero-order chi connectivity index (χ0) is 12.0. The molecule has 16 heavy (non-hydrogen) atoms. The molecule has 0 radical (unpaired) electrons. The molecule has 0 atom stereocenters. The van der Waals surface area contributed by atoms with Crippen LogP contribution < -0.4 is 5.73 Å². The summed E-state index contributed by atoms with van der Waals surface area (Å²) < 4.78 is 4.48. The van der Waals surface area contributed by atoms with Crippen LogP contribution in [-0.2, 0) is 9.53 Å². The topological polar surface area (TPSA) is 69.4 Å². The van der Waals surface area contributed by atoms with Gasteiger partial charge in [-0.15, -0.1) is 0 Å². The van der Waals surface area contributed by atoms with Gasteiger partial charge in [0.15, 0.2) is 0 Å². The van der Waals surface area contributed by atoms with Crippen LogP contribution in [0, 0.1) is 0 Å². The zero-order valence-electron chi connectivity index (χ0n) is 8.97. The normalized spacial score (nSPS) is 10.3. The molecule has 0 fully saturated rings. The SMILES string of the molecule is COC(=O)CC=Cc1ccccc1C(N)=O. The van der Waals surface area contributed by atoms with Crippen molar-refractivity contribution in [1.29, 1.82) is 0 Å². The van der Waals surface area contributed by atoms with Crippen LogP contribution in [0.1, 0.15) is 22.3 Å². The number of esters is 1. The number of methoxy groups -OCH3 is 1. The fourth-order valence-electron chi connectivity index (χ4n) is 1.23. The van der Waals surface area contributed by atoms with Crippen molar-refractivity contribution in [2.45, 2.75) is 6.42 Å². The van der Waals surface area contributed by atoms with E-state index in [-0.39, 0.29) is 12.4 Å². The summed E-state index contributed by atoms with van der Waals surface area (Å²) in [7, 11) is 1.33. The minimum atomic E-state index is -0.488. The van der Waals surface area contributed by atoms with Crippen LogP contribution in [-0.4, -0.2) is 19.0 Å². The zero-order valence-corrected chi connectivity index (χ0v) is 8.97. The number of amides is 1. The molecule has 2 N–H and O–H groups in total. The molecule has 0 bridgehead atoms. The lowest BCUT2D eigenvalue weighted by Gasteiger charge is -2.00. The van der Waals surface area contributed by atoms with Crippen molar-refractivity contribution in [1.82, 2.24) is 0 Å². The van der Waals surface area contributed by atoms with Gasteiger partial charge in [0.25, 0.3) is 0 Å². The summed E-state index contributed by atoms with van der Waals surface area (Å²) in [6, 6.07) is 6.93. The summed E-state index contributed by atoms with van der Waals surface area (Å²) in [4.78, 5) is 21.9. The maximum Gasteiger partial charge on any atom is 0.309 e. The van der Waals surface area contributed by atoms with Crippen molar-refractivity contribution < 1.29 is 14.3 Å². The van der Waals surface area contributed by atoms with Gasteiger partial charge in [-0.3, -0.25) is 9.59 Å². The molecule has 0 saturated heterocycles. The second kappa shape index (κ2) is 5.70. The fourth-order valence-corrected chi connectivity index (χ4v) is 1.23. The Bertz CT molecular complexity index is 424. The molecule has 0 aliphatic carbocycles. The third kappa shape index (κ3) is 3.24. The van der Waals surface area contributed by atoms with E-state index in [1.807, 2.05) is 0 Å². The van der Waals surface area contributed by atoms with Gasteiger partial charge in [-0.05, 0) is 11.6 Å². The van der Waals surface area contributed by atoms with Crippen LogP contribution >= 0.6 is 0 Å². The highest BCUT2D eigenvalue weighted by Gasteiger charge is 2.03. The molecule has 1 aromatic rings. The first-order chi connectivity index (χ1) is 7.65. The molecule has 84 valence electrons. The van der Waals surface area contributed by atoms with Crippen LogP contribution in [0.15, 0.2) is 30.3 Å². The Kier molecular flexibility index (Phi) is 4.27. The lowest BCUT2D eigenvalue weighted by molar-refractivity contribution is -0.139. The van der Waals surface area contributed by atoms with Crippen LogP contribution in [0.3, 0.4) is 0 Å². The minimum Gasteiger partial charge on any atom is -0.469 e. The van der Waals surface area contributed by atoms with Gasteiger partial charge in [0.2, 0.25) is 5.91 Å². The third-order valence-corrected chi connectivity index (χ3v) is 2.04. The number of carbonyl (C=O) groups excluding carboxylic acids is 2. The molecule has 0 saturated carbocycles. The summed E-state index contributed by atoms with van der Waals surface area (Å²) >= 11 is 0. The van der Waals surface area contributed by atoms with E-state index in [0.29, 0.717) is 11.1 Å². The highest BCUT2D eigenvalue weighted by atomic mass is 16.5. The molecule has 1 rings (SSSR count). The third-order valence-electron chi connectivity index (χ3n) is 2.04. The molecule has 1 aromatic carbocycles. The lowest BCUT2D eigenvalue weighted by atomic mass is 10.1. The van der Waals surface area contributed by atoms with E-state index in [4.69, 9.17) is 5.73 Å². The Morgan fingerprint density at radius 1 is 1.38 bits per heavy atom. The van der Waals surface area contributed by atoms with Crippen molar-refractivity contribution in [2.24, 2.45) is 5.73 Å². The van der Waals surface area contributed by atoms with Gasteiger partial charge in [-0.2, -0.15) is 0 Å². The highest BCUT2D eigenvalue weighted by Crippen LogP contribution is 2.10. The number of benzene rings is 1. The number of hydrogen-bond acceptors (Lipinski definition) is 3. The Hall–Kier alpha value is -2.10. The molecule has 0 aromatic heterocycles. The summed E-state index contributed by atoms with van der Waals surface area (Å²) in [6.07, 6.45) is 3.48. The first kappa shape index (κ1) is 12.0. The molecule has 0 aliphatic heterocycles. The Labute approximate surface area is 93.7 Å². The summed E-state index contributed by atoms with van der Waals surface area (Å²) in [5.41, 5.74) is 6.34. The van der Waals surface area contributed by atoms with E-state index in [1.54, 1.807) is 36.4 Å². The second-order valence-corrected chi connectivity index (χ2v) is 3.13. The van der Waals surface area contributed by atoms with Crippen molar-refractivity contribution in [3.05, 3.63) is 41.5 Å². The van der Waals surface area contributed by atoms with Crippen molar-refractivity contribution in [2.75, 3.05) is 7.11 Å². The summed E-state index contributed by atoms with van der Waals surface area (Å²) in [5, 5.41) is 0. The molecule has 0 spiro atoms. The van der Waals surface area contributed by atoms with E-state index in [2.05, 4.69) is 4.74 Å². The molecule has 4 heteroatoms. The maximum absolute atomic E-state index is 11.1. The van der Waals surface area contributed by atoms with Gasteiger partial charge in [-0.1, -0.05) is 30.4 Å². The van der Waals surface area contributed by atoms with E-state index < -0.39 is 5.91 Å². The number of primary amides is 1. The predicted molar refractivity (Wildman–Crippen MR) is 60.6 cm³/mol. The Morgan fingerprint density at radius 3 is 2.69 bits per heavy atom. The first-order valence-corrected chi connectivity index (χ1v) is 4.77. The molecule has 0 unspecified atom stereocenters. The lowest BCUT2D eigenvalue weighted by Crippen LogP contribution is -2.12. The molecule has 0 heterocycles. The van der Waals surface area contributed by atoms with E-state index in [0.717, 1.165) is 0 Å². The quantitative estimate of drug-likeness (QED) is 0.777. The van der Waals surface area contributed by atoms with E-state index >= 15 is 0 Å². The van der Waals surface area contributed by atoms with Crippen LogP contribution in [0.5, 0.6) is 0 Å². The summed E-state index contributed by atoms with van der Waals surface area (Å²) in [5.74, 6) is -0.814. The first-order valence-electron chi connectivity index (χ1n) is 4.77. The largest absolute Gasteiger partial charge is 0.469 e. The molecule has 4 nitrogen and oxygen atoms in total. The Morgan fingerprint density at radius 2 is 2.06 bits per heavy atom. The van der Waals surface area contributed by atoms with Gasteiger partial charge in [-0.25, -0.2) is 0 Å². The van der Waals surface area contributed by atoms with Crippen LogP contribution in [0.2, 0.25) is 0 Å². The minimum absolute atomic E-state index is 0.170.